The molecule has 1 aromatic carbocycles. The Balaban J connectivity index is 0.00000163. The molecule has 1 aromatic rings. The molecule has 0 aromatic heterocycles. The Morgan fingerprint density at radius 3 is 1.62 bits per heavy atom. The third-order valence-electron chi connectivity index (χ3n) is 9.79. The molecule has 1 fully saturated rings. The number of benzene rings is 1. The summed E-state index contributed by atoms with van der Waals surface area (Å²) in [4.78, 5) is 0. The summed E-state index contributed by atoms with van der Waals surface area (Å²) in [5.41, 5.74) is 9.28. The van der Waals surface area contributed by atoms with Gasteiger partial charge in [0.1, 0.15) is 5.75 Å². The molecule has 3 rings (SSSR count). The van der Waals surface area contributed by atoms with E-state index < -0.39 is 8.07 Å². The first-order chi connectivity index (χ1) is 16.2. The van der Waals surface area contributed by atoms with Gasteiger partial charge < -0.3 is 12.5 Å². The Labute approximate surface area is 252 Å². The molecule has 1 N–H and O–H groups in total. The van der Waals surface area contributed by atoms with E-state index in [0.29, 0.717) is 35.0 Å². The molecule has 2 aliphatic rings. The van der Waals surface area contributed by atoms with Crippen molar-refractivity contribution in [1.82, 2.24) is 0 Å². The topological polar surface area (TPSA) is 20.2 Å². The van der Waals surface area contributed by atoms with Crippen LogP contribution in [0.1, 0.15) is 94.2 Å². The molecule has 5 heteroatoms. The first-order valence-electron chi connectivity index (χ1n) is 13.4. The summed E-state index contributed by atoms with van der Waals surface area (Å²) in [5, 5.41) is 13.1. The molecule has 0 amide bonds. The van der Waals surface area contributed by atoms with Crippen molar-refractivity contribution in [3.63, 3.8) is 0 Å². The van der Waals surface area contributed by atoms with Crippen LogP contribution in [0.5, 0.6) is 5.75 Å². The molecule has 0 spiro atoms. The number of phenols is 1. The first kappa shape index (κ1) is 35.4. The molecule has 2 aliphatic carbocycles. The molecule has 0 saturated heterocycles. The maximum atomic E-state index is 11.8. The van der Waals surface area contributed by atoms with Gasteiger partial charge in [-0.25, -0.2) is 0 Å². The minimum absolute atomic E-state index is 0. The average molecular weight is 690 g/mol. The van der Waals surface area contributed by atoms with E-state index in [1.54, 1.807) is 11.1 Å². The third kappa shape index (κ3) is 6.66. The van der Waals surface area contributed by atoms with Crippen molar-refractivity contribution in [2.24, 2.45) is 23.7 Å². The molecule has 5 atom stereocenters. The fourth-order valence-electron chi connectivity index (χ4n) is 7.24. The van der Waals surface area contributed by atoms with E-state index in [2.05, 4.69) is 135 Å². The third-order valence-corrected chi connectivity index (χ3v) is 14.1. The number of fused-ring (bicyclic) bond motifs is 1. The zero-order chi connectivity index (χ0) is 28.1. The molecule has 5 unspecified atom stereocenters. The van der Waals surface area contributed by atoms with E-state index in [1.807, 2.05) is 0 Å². The Kier molecular flexibility index (Phi) is 12.0. The standard InChI is InChI=1S/C31H50OSi.CH3.2BrH.Ti/c1-17-18(2)20(4)27-26(19(17)3)21(5)22(6)29(27)33(13,14)25-16-23(30(7,8)9)15-24(28(25)32)31(10,11)12;;;;/h15-16,21-22,26-27,29,32H,1-14H3;1H3;2*1H;/q;-1;;;+2/p-2. The van der Waals surface area contributed by atoms with Crippen molar-refractivity contribution in [3.8, 4) is 5.75 Å². The first-order valence-corrected chi connectivity index (χ1v) is 24.2. The predicted octanol–water partition coefficient (Wildman–Crippen LogP) is 10.6. The van der Waals surface area contributed by atoms with Crippen molar-refractivity contribution < 1.29 is 20.1 Å². The molecule has 0 aliphatic heterocycles. The molecule has 1 saturated carbocycles. The smallest absolute Gasteiger partial charge is 0.358 e. The van der Waals surface area contributed by atoms with Gasteiger partial charge in [0.2, 0.25) is 0 Å². The number of hydrogen-bond donors (Lipinski definition) is 1. The summed E-state index contributed by atoms with van der Waals surface area (Å²) in [6.07, 6.45) is 0. The number of aromatic hydroxyl groups is 1. The molecule has 1 nitrogen and oxygen atoms in total. The van der Waals surface area contributed by atoms with Crippen LogP contribution in [0.25, 0.3) is 0 Å². The van der Waals surface area contributed by atoms with Crippen LogP contribution >= 0.6 is 26.3 Å². The number of phenolic OH excluding ortho intramolecular Hbond substituents is 1. The SMILES string of the molecule is CC1=C(C)C2C(C)C(C)C([Si](C)(C)c3cc(C(C)(C)C)cc(C(C)(C)C)c3O)C2C(C)=C1C.[Br][Ti][Br].[CH3-]. The van der Waals surface area contributed by atoms with Gasteiger partial charge in [0.25, 0.3) is 0 Å². The monoisotopic (exact) mass is 687 g/mol. The van der Waals surface area contributed by atoms with E-state index in [-0.39, 0.29) is 33.2 Å². The van der Waals surface area contributed by atoms with Gasteiger partial charge in [0.05, 0.1) is 8.07 Å². The van der Waals surface area contributed by atoms with Gasteiger partial charge in [-0.15, -0.1) is 0 Å². The largest absolute Gasteiger partial charge is 0.358 e. The second-order valence-electron chi connectivity index (χ2n) is 14.1. The van der Waals surface area contributed by atoms with Crippen LogP contribution in [0.3, 0.4) is 0 Å². The van der Waals surface area contributed by atoms with Gasteiger partial charge in [-0.05, 0) is 95.2 Å². The Hall–Kier alpha value is 0.391. The molecule has 0 heterocycles. The molecule has 37 heavy (non-hydrogen) atoms. The molecule has 0 radical (unpaired) electrons. The van der Waals surface area contributed by atoms with Gasteiger partial charge in [-0.2, -0.15) is 0 Å². The van der Waals surface area contributed by atoms with Crippen LogP contribution in [0, 0.1) is 31.1 Å². The second-order valence-corrected chi connectivity index (χ2v) is 26.7. The summed E-state index contributed by atoms with van der Waals surface area (Å²) in [5.74, 6) is 3.11. The zero-order valence-corrected chi connectivity index (χ0v) is 32.0. The van der Waals surface area contributed by atoms with Crippen LogP contribution in [0.2, 0.25) is 18.6 Å². The predicted molar refractivity (Wildman–Crippen MR) is 173 cm³/mol. The molecular weight excluding hydrogens is 636 g/mol. The van der Waals surface area contributed by atoms with Gasteiger partial charge >= 0.3 is 41.3 Å². The number of halogens is 2. The summed E-state index contributed by atoms with van der Waals surface area (Å²) in [6.45, 7) is 33.1. The van der Waals surface area contributed by atoms with E-state index in [4.69, 9.17) is 0 Å². The fraction of sp³-hybridized carbons (Fsp3) is 0.656. The van der Waals surface area contributed by atoms with Crippen molar-refractivity contribution >= 4 is 39.6 Å². The quantitative estimate of drug-likeness (QED) is 0.242. The fourth-order valence-corrected chi connectivity index (χ4v) is 11.8. The minimum Gasteiger partial charge on any atom is -0.358 e. The van der Waals surface area contributed by atoms with E-state index in [9.17, 15) is 5.11 Å². The summed E-state index contributed by atoms with van der Waals surface area (Å²) in [7, 11) is -2.05. The number of allylic oxidation sites excluding steroid dienone is 4. The summed E-state index contributed by atoms with van der Waals surface area (Å²) in [6, 6.07) is 4.67. The maximum absolute atomic E-state index is 11.8. The van der Waals surface area contributed by atoms with Crippen LogP contribution in [-0.4, -0.2) is 13.2 Å². The Bertz CT molecular complexity index is 1040. The number of hydrogen-bond acceptors (Lipinski definition) is 1. The minimum atomic E-state index is -2.05. The van der Waals surface area contributed by atoms with Crippen molar-refractivity contribution in [2.45, 2.75) is 113 Å². The summed E-state index contributed by atoms with van der Waals surface area (Å²) < 4.78 is 0. The van der Waals surface area contributed by atoms with Crippen LogP contribution in [-0.2, 0) is 25.8 Å². The van der Waals surface area contributed by atoms with Crippen LogP contribution in [0.4, 0.5) is 0 Å². The Morgan fingerprint density at radius 1 is 0.784 bits per heavy atom. The average Bonchev–Trinajstić information content (AvgIpc) is 3.01. The van der Waals surface area contributed by atoms with Crippen molar-refractivity contribution in [1.29, 1.82) is 0 Å². The van der Waals surface area contributed by atoms with Crippen LogP contribution in [0.15, 0.2) is 34.4 Å². The van der Waals surface area contributed by atoms with E-state index in [0.717, 1.165) is 5.56 Å². The Morgan fingerprint density at radius 2 is 1.22 bits per heavy atom. The maximum Gasteiger partial charge on any atom is -0.358 e. The normalized spacial score (nSPS) is 26.3. The summed E-state index contributed by atoms with van der Waals surface area (Å²) >= 11 is 6.50. The zero-order valence-electron chi connectivity index (χ0n) is 26.2. The number of rotatable bonds is 2. The van der Waals surface area contributed by atoms with E-state index in [1.165, 1.54) is 21.9 Å². The van der Waals surface area contributed by atoms with E-state index >= 15 is 0 Å². The van der Waals surface area contributed by atoms with Gasteiger partial charge in [-0.3, -0.25) is 0 Å². The molecular formula is C32H53Br2OSiTi-. The van der Waals surface area contributed by atoms with Crippen molar-refractivity contribution in [3.05, 3.63) is 53.0 Å². The molecule has 0 bridgehead atoms. The van der Waals surface area contributed by atoms with Gasteiger partial charge in [0, 0.05) is 0 Å². The second kappa shape index (κ2) is 12.5. The van der Waals surface area contributed by atoms with Gasteiger partial charge in [0.15, 0.2) is 0 Å². The van der Waals surface area contributed by atoms with Crippen LogP contribution < -0.4 is 5.19 Å². The molecule has 210 valence electrons. The van der Waals surface area contributed by atoms with Crippen molar-refractivity contribution in [2.75, 3.05) is 0 Å². The van der Waals surface area contributed by atoms with Gasteiger partial charge in [-0.1, -0.05) is 91.8 Å².